The van der Waals surface area contributed by atoms with Crippen LogP contribution in [0.5, 0.6) is 0 Å². The Labute approximate surface area is 139 Å². The molecule has 0 saturated carbocycles. The van der Waals surface area contributed by atoms with Gasteiger partial charge >= 0.3 is 5.97 Å². The molecule has 0 bridgehead atoms. The molecule has 0 unspecified atom stereocenters. The third kappa shape index (κ3) is 27.5. The van der Waals surface area contributed by atoms with Gasteiger partial charge in [0.15, 0.2) is 0 Å². The van der Waals surface area contributed by atoms with Crippen LogP contribution in [0.2, 0.25) is 0 Å². The first-order chi connectivity index (χ1) is 10.7. The second-order valence-electron chi connectivity index (χ2n) is 5.95. The summed E-state index contributed by atoms with van der Waals surface area (Å²) in [6.07, 6.45) is 19.0. The number of esters is 1. The molecule has 132 valence electrons. The zero-order chi connectivity index (χ0) is 16.9. The SMILES string of the molecule is C=CCCCCCCCC.CCCCCCCCOC(C)=O. The molecule has 0 atom stereocenters. The monoisotopic (exact) mass is 312 g/mol. The molecule has 0 aliphatic heterocycles. The van der Waals surface area contributed by atoms with Crippen LogP contribution in [0.3, 0.4) is 0 Å². The molecular formula is C20H40O2. The highest BCUT2D eigenvalue weighted by molar-refractivity contribution is 5.65. The maximum Gasteiger partial charge on any atom is 0.302 e. The Morgan fingerprint density at radius 2 is 1.27 bits per heavy atom. The number of hydrogen-bond donors (Lipinski definition) is 0. The van der Waals surface area contributed by atoms with Crippen LogP contribution < -0.4 is 0 Å². The van der Waals surface area contributed by atoms with E-state index in [1.54, 1.807) is 0 Å². The van der Waals surface area contributed by atoms with Crippen LogP contribution in [0.4, 0.5) is 0 Å². The maximum atomic E-state index is 10.4. The van der Waals surface area contributed by atoms with Gasteiger partial charge in [0.2, 0.25) is 0 Å². The van der Waals surface area contributed by atoms with Gasteiger partial charge in [0.25, 0.3) is 0 Å². The van der Waals surface area contributed by atoms with Gasteiger partial charge in [-0.25, -0.2) is 0 Å². The van der Waals surface area contributed by atoms with E-state index in [1.165, 1.54) is 84.0 Å². The van der Waals surface area contributed by atoms with Gasteiger partial charge < -0.3 is 4.74 Å². The minimum absolute atomic E-state index is 0.163. The highest BCUT2D eigenvalue weighted by Gasteiger charge is 1.92. The van der Waals surface area contributed by atoms with E-state index in [1.807, 2.05) is 6.08 Å². The fourth-order valence-corrected chi connectivity index (χ4v) is 2.17. The lowest BCUT2D eigenvalue weighted by Gasteiger charge is -2.01. The standard InChI is InChI=1S/C10H20O2.C10H20/c1-3-4-5-6-7-8-9-12-10(2)11;1-3-5-7-9-10-8-6-4-2/h3-9H2,1-2H3;3H,1,4-10H2,2H3. The second-order valence-corrected chi connectivity index (χ2v) is 5.95. The minimum atomic E-state index is -0.163. The normalized spacial score (nSPS) is 9.77. The molecule has 0 fully saturated rings. The summed E-state index contributed by atoms with van der Waals surface area (Å²) >= 11 is 0. The lowest BCUT2D eigenvalue weighted by atomic mass is 10.1. The molecule has 0 rings (SSSR count). The van der Waals surface area contributed by atoms with Gasteiger partial charge in [0.05, 0.1) is 6.61 Å². The van der Waals surface area contributed by atoms with E-state index in [2.05, 4.69) is 20.4 Å². The molecular weight excluding hydrogens is 272 g/mol. The number of unbranched alkanes of at least 4 members (excludes halogenated alkanes) is 11. The number of carbonyl (C=O) groups excluding carboxylic acids is 1. The molecule has 0 aliphatic carbocycles. The first kappa shape index (κ1) is 23.5. The van der Waals surface area contributed by atoms with Crippen LogP contribution in [0.1, 0.15) is 104 Å². The molecule has 0 saturated heterocycles. The lowest BCUT2D eigenvalue weighted by Crippen LogP contribution is -1.99. The zero-order valence-electron chi connectivity index (χ0n) is 15.5. The summed E-state index contributed by atoms with van der Waals surface area (Å²) in [6.45, 7) is 10.2. The van der Waals surface area contributed by atoms with Crippen molar-refractivity contribution in [2.24, 2.45) is 0 Å². The Hall–Kier alpha value is -0.790. The van der Waals surface area contributed by atoms with Gasteiger partial charge in [0, 0.05) is 6.92 Å². The van der Waals surface area contributed by atoms with Crippen molar-refractivity contribution in [2.45, 2.75) is 104 Å². The molecule has 0 spiro atoms. The van der Waals surface area contributed by atoms with E-state index in [9.17, 15) is 4.79 Å². The predicted octanol–water partition coefficient (Wildman–Crippen LogP) is 6.83. The molecule has 0 aliphatic rings. The molecule has 0 heterocycles. The van der Waals surface area contributed by atoms with Crippen molar-refractivity contribution in [3.8, 4) is 0 Å². The van der Waals surface area contributed by atoms with Gasteiger partial charge in [-0.3, -0.25) is 4.79 Å². The first-order valence-electron chi connectivity index (χ1n) is 9.43. The molecule has 22 heavy (non-hydrogen) atoms. The van der Waals surface area contributed by atoms with Crippen LogP contribution in [-0.4, -0.2) is 12.6 Å². The smallest absolute Gasteiger partial charge is 0.302 e. The van der Waals surface area contributed by atoms with Crippen LogP contribution in [-0.2, 0) is 9.53 Å². The number of ether oxygens (including phenoxy) is 1. The Bertz CT molecular complexity index is 224. The Balaban J connectivity index is 0. The average Bonchev–Trinajstić information content (AvgIpc) is 2.50. The fraction of sp³-hybridized carbons (Fsp3) is 0.850. The van der Waals surface area contributed by atoms with Gasteiger partial charge in [-0.15, -0.1) is 6.58 Å². The number of hydrogen-bond acceptors (Lipinski definition) is 2. The zero-order valence-corrected chi connectivity index (χ0v) is 15.5. The van der Waals surface area contributed by atoms with Crippen LogP contribution in [0.25, 0.3) is 0 Å². The highest BCUT2D eigenvalue weighted by Crippen LogP contribution is 2.06. The molecule has 0 aromatic rings. The summed E-state index contributed by atoms with van der Waals surface area (Å²) in [5.74, 6) is -0.163. The summed E-state index contributed by atoms with van der Waals surface area (Å²) < 4.78 is 4.81. The van der Waals surface area contributed by atoms with E-state index in [0.717, 1.165) is 6.42 Å². The summed E-state index contributed by atoms with van der Waals surface area (Å²) in [5, 5.41) is 0. The van der Waals surface area contributed by atoms with Crippen LogP contribution >= 0.6 is 0 Å². The number of allylic oxidation sites excluding steroid dienone is 1. The van der Waals surface area contributed by atoms with E-state index >= 15 is 0 Å². The minimum Gasteiger partial charge on any atom is -0.466 e. The summed E-state index contributed by atoms with van der Waals surface area (Å²) in [7, 11) is 0. The largest absolute Gasteiger partial charge is 0.466 e. The van der Waals surface area contributed by atoms with E-state index in [0.29, 0.717) is 6.61 Å². The molecule has 0 N–H and O–H groups in total. The fourth-order valence-electron chi connectivity index (χ4n) is 2.17. The summed E-state index contributed by atoms with van der Waals surface area (Å²) in [4.78, 5) is 10.4. The molecule has 0 amide bonds. The molecule has 0 aromatic heterocycles. The summed E-state index contributed by atoms with van der Waals surface area (Å²) in [6, 6.07) is 0. The maximum absolute atomic E-state index is 10.4. The second kappa shape index (κ2) is 22.5. The van der Waals surface area contributed by atoms with Gasteiger partial charge in [-0.05, 0) is 19.3 Å². The number of carbonyl (C=O) groups is 1. The quantitative estimate of drug-likeness (QED) is 0.199. The van der Waals surface area contributed by atoms with Crippen molar-refractivity contribution in [2.75, 3.05) is 6.61 Å². The first-order valence-corrected chi connectivity index (χ1v) is 9.43. The van der Waals surface area contributed by atoms with Gasteiger partial charge in [0.1, 0.15) is 0 Å². The van der Waals surface area contributed by atoms with E-state index in [4.69, 9.17) is 4.74 Å². The Morgan fingerprint density at radius 3 is 1.73 bits per heavy atom. The third-order valence-electron chi connectivity index (χ3n) is 3.57. The van der Waals surface area contributed by atoms with E-state index in [-0.39, 0.29) is 5.97 Å². The lowest BCUT2D eigenvalue weighted by molar-refractivity contribution is -0.141. The van der Waals surface area contributed by atoms with Gasteiger partial charge in [-0.2, -0.15) is 0 Å². The van der Waals surface area contributed by atoms with Crippen molar-refractivity contribution in [3.05, 3.63) is 12.7 Å². The molecule has 0 aromatic carbocycles. The third-order valence-corrected chi connectivity index (χ3v) is 3.57. The van der Waals surface area contributed by atoms with E-state index < -0.39 is 0 Å². The van der Waals surface area contributed by atoms with Crippen molar-refractivity contribution in [1.29, 1.82) is 0 Å². The Morgan fingerprint density at radius 1 is 0.818 bits per heavy atom. The molecule has 2 heteroatoms. The van der Waals surface area contributed by atoms with Crippen LogP contribution in [0, 0.1) is 0 Å². The van der Waals surface area contributed by atoms with Crippen molar-refractivity contribution >= 4 is 5.97 Å². The molecule has 2 nitrogen and oxygen atoms in total. The Kier molecular flexibility index (Phi) is 24.0. The summed E-state index contributed by atoms with van der Waals surface area (Å²) in [5.41, 5.74) is 0. The average molecular weight is 313 g/mol. The predicted molar refractivity (Wildman–Crippen MR) is 98.2 cm³/mol. The van der Waals surface area contributed by atoms with Crippen molar-refractivity contribution < 1.29 is 9.53 Å². The molecule has 0 radical (unpaired) electrons. The number of rotatable bonds is 14. The van der Waals surface area contributed by atoms with Gasteiger partial charge in [-0.1, -0.05) is 84.1 Å². The van der Waals surface area contributed by atoms with Crippen molar-refractivity contribution in [1.82, 2.24) is 0 Å². The van der Waals surface area contributed by atoms with Crippen molar-refractivity contribution in [3.63, 3.8) is 0 Å². The van der Waals surface area contributed by atoms with Crippen LogP contribution in [0.15, 0.2) is 12.7 Å². The topological polar surface area (TPSA) is 26.3 Å². The highest BCUT2D eigenvalue weighted by atomic mass is 16.5.